The highest BCUT2D eigenvalue weighted by molar-refractivity contribution is 7.99. The maximum absolute atomic E-state index is 11.4. The van der Waals surface area contributed by atoms with E-state index in [9.17, 15) is 9.59 Å². The summed E-state index contributed by atoms with van der Waals surface area (Å²) >= 11 is 1.10. The molecule has 4 N–H and O–H groups in total. The van der Waals surface area contributed by atoms with Crippen molar-refractivity contribution < 1.29 is 0 Å². The van der Waals surface area contributed by atoms with Crippen LogP contribution >= 0.6 is 11.8 Å². The smallest absolute Gasteiger partial charge is 0.342 e. The number of nitrogen functional groups attached to an aromatic ring is 1. The Morgan fingerprint density at radius 3 is 2.69 bits per heavy atom. The Morgan fingerprint density at radius 2 is 2.00 bits per heavy atom. The quantitative estimate of drug-likeness (QED) is 0.646. The topological polar surface area (TPSA) is 105 Å². The molecule has 0 aliphatic rings. The van der Waals surface area contributed by atoms with Gasteiger partial charge in [-0.05, 0) is 12.1 Å². The zero-order valence-electron chi connectivity index (χ0n) is 8.06. The molecular formula is C9H8N4O2S. The van der Waals surface area contributed by atoms with Crippen LogP contribution in [0.1, 0.15) is 0 Å². The molecule has 0 saturated carbocycles. The van der Waals surface area contributed by atoms with Crippen LogP contribution in [0.4, 0.5) is 5.69 Å². The first-order valence-electron chi connectivity index (χ1n) is 4.38. The summed E-state index contributed by atoms with van der Waals surface area (Å²) in [5, 5.41) is 5.95. The molecule has 0 aliphatic heterocycles. The Kier molecular flexibility index (Phi) is 2.78. The molecular weight excluding hydrogens is 228 g/mol. The number of nitrogens with one attached hydrogen (secondary N) is 2. The van der Waals surface area contributed by atoms with Gasteiger partial charge < -0.3 is 5.73 Å². The van der Waals surface area contributed by atoms with Crippen molar-refractivity contribution in [3.05, 3.63) is 45.1 Å². The Balaban J connectivity index is 2.38. The number of para-hydroxylation sites is 1. The minimum absolute atomic E-state index is 0.150. The van der Waals surface area contributed by atoms with Crippen molar-refractivity contribution in [2.24, 2.45) is 0 Å². The van der Waals surface area contributed by atoms with Crippen molar-refractivity contribution in [1.82, 2.24) is 15.2 Å². The summed E-state index contributed by atoms with van der Waals surface area (Å²) in [6.07, 6.45) is 0. The molecule has 0 amide bonds. The van der Waals surface area contributed by atoms with Crippen LogP contribution in [-0.4, -0.2) is 15.2 Å². The van der Waals surface area contributed by atoms with Gasteiger partial charge in [0.2, 0.25) is 0 Å². The van der Waals surface area contributed by atoms with Gasteiger partial charge in [-0.2, -0.15) is 5.10 Å². The number of aromatic nitrogens is 3. The lowest BCUT2D eigenvalue weighted by Crippen LogP contribution is -2.24. The predicted molar refractivity (Wildman–Crippen MR) is 60.5 cm³/mol. The molecule has 1 aromatic carbocycles. The third kappa shape index (κ3) is 2.14. The van der Waals surface area contributed by atoms with Gasteiger partial charge in [0.25, 0.3) is 5.56 Å². The van der Waals surface area contributed by atoms with E-state index < -0.39 is 11.2 Å². The molecule has 7 heteroatoms. The lowest BCUT2D eigenvalue weighted by molar-refractivity contribution is 0.807. The third-order valence-corrected chi connectivity index (χ3v) is 2.87. The van der Waals surface area contributed by atoms with E-state index in [0.717, 1.165) is 11.8 Å². The fourth-order valence-electron chi connectivity index (χ4n) is 1.08. The normalized spacial score (nSPS) is 10.2. The standard InChI is InChI=1S/C9H8N4O2S/c10-5-3-1-2-4-6(5)16-8-7(14)11-9(15)13-12-8/h1-4H,10H2,(H2,11,13,14,15). The van der Waals surface area contributed by atoms with Gasteiger partial charge in [0.1, 0.15) is 0 Å². The van der Waals surface area contributed by atoms with Gasteiger partial charge in [-0.3, -0.25) is 9.78 Å². The Bertz CT molecular complexity index is 619. The number of benzene rings is 1. The minimum Gasteiger partial charge on any atom is -0.398 e. The van der Waals surface area contributed by atoms with Crippen molar-refractivity contribution in [2.75, 3.05) is 5.73 Å². The van der Waals surface area contributed by atoms with Crippen LogP contribution in [-0.2, 0) is 0 Å². The van der Waals surface area contributed by atoms with Crippen LogP contribution in [0.25, 0.3) is 0 Å². The average Bonchev–Trinajstić information content (AvgIpc) is 2.25. The summed E-state index contributed by atoms with van der Waals surface area (Å²) in [5.41, 5.74) is 5.11. The minimum atomic E-state index is -0.629. The summed E-state index contributed by atoms with van der Waals surface area (Å²) in [5.74, 6) is 0. The van der Waals surface area contributed by atoms with Crippen LogP contribution < -0.4 is 17.0 Å². The molecule has 6 nitrogen and oxygen atoms in total. The van der Waals surface area contributed by atoms with E-state index in [0.29, 0.717) is 10.6 Å². The van der Waals surface area contributed by atoms with Crippen molar-refractivity contribution in [3.8, 4) is 0 Å². The lowest BCUT2D eigenvalue weighted by Gasteiger charge is -2.02. The number of nitrogens with two attached hydrogens (primary N) is 1. The number of H-pyrrole nitrogens is 2. The SMILES string of the molecule is Nc1ccccc1Sc1n[nH]c(=O)[nH]c1=O. The van der Waals surface area contributed by atoms with Gasteiger partial charge in [0.05, 0.1) is 0 Å². The highest BCUT2D eigenvalue weighted by Gasteiger charge is 2.06. The van der Waals surface area contributed by atoms with Crippen LogP contribution in [0.5, 0.6) is 0 Å². The molecule has 16 heavy (non-hydrogen) atoms. The third-order valence-electron chi connectivity index (χ3n) is 1.81. The number of nitrogens with zero attached hydrogens (tertiary/aromatic N) is 1. The van der Waals surface area contributed by atoms with Crippen molar-refractivity contribution in [3.63, 3.8) is 0 Å². The first kappa shape index (κ1) is 10.5. The molecule has 0 atom stereocenters. The van der Waals surface area contributed by atoms with Crippen molar-refractivity contribution >= 4 is 17.4 Å². The maximum Gasteiger partial charge on any atom is 0.342 e. The second-order valence-corrected chi connectivity index (χ2v) is 3.98. The number of anilines is 1. The lowest BCUT2D eigenvalue weighted by atomic mass is 10.3. The van der Waals surface area contributed by atoms with Crippen molar-refractivity contribution in [1.29, 1.82) is 0 Å². The van der Waals surface area contributed by atoms with E-state index >= 15 is 0 Å². The molecule has 0 unspecified atom stereocenters. The van der Waals surface area contributed by atoms with Crippen LogP contribution in [0.2, 0.25) is 0 Å². The molecule has 1 aromatic heterocycles. The van der Waals surface area contributed by atoms with E-state index in [1.165, 1.54) is 0 Å². The monoisotopic (exact) mass is 236 g/mol. The predicted octanol–water partition coefficient (Wildman–Crippen LogP) is 0.192. The summed E-state index contributed by atoms with van der Waals surface area (Å²) in [4.78, 5) is 24.9. The van der Waals surface area contributed by atoms with E-state index in [2.05, 4.69) is 15.2 Å². The first-order chi connectivity index (χ1) is 7.66. The first-order valence-corrected chi connectivity index (χ1v) is 5.20. The van der Waals surface area contributed by atoms with Gasteiger partial charge in [-0.25, -0.2) is 9.89 Å². The summed E-state index contributed by atoms with van der Waals surface area (Å²) in [6, 6.07) is 7.09. The molecule has 0 spiro atoms. The maximum atomic E-state index is 11.4. The van der Waals surface area contributed by atoms with Crippen LogP contribution in [0.3, 0.4) is 0 Å². The van der Waals surface area contributed by atoms with Gasteiger partial charge in [-0.15, -0.1) is 0 Å². The highest BCUT2D eigenvalue weighted by atomic mass is 32.2. The van der Waals surface area contributed by atoms with Gasteiger partial charge in [0.15, 0.2) is 5.03 Å². The summed E-state index contributed by atoms with van der Waals surface area (Å²) in [6.45, 7) is 0. The summed E-state index contributed by atoms with van der Waals surface area (Å²) < 4.78 is 0. The van der Waals surface area contributed by atoms with Crippen LogP contribution in [0.15, 0.2) is 43.8 Å². The Hall–Kier alpha value is -2.02. The Labute approximate surface area is 93.9 Å². The Morgan fingerprint density at radius 1 is 1.25 bits per heavy atom. The fourth-order valence-corrected chi connectivity index (χ4v) is 1.86. The zero-order valence-corrected chi connectivity index (χ0v) is 8.88. The van der Waals surface area contributed by atoms with Crippen LogP contribution in [0, 0.1) is 0 Å². The molecule has 0 fully saturated rings. The van der Waals surface area contributed by atoms with Gasteiger partial charge in [-0.1, -0.05) is 23.9 Å². The largest absolute Gasteiger partial charge is 0.398 e. The van der Waals surface area contributed by atoms with E-state index in [4.69, 9.17) is 5.73 Å². The number of rotatable bonds is 2. The van der Waals surface area contributed by atoms with E-state index in [-0.39, 0.29) is 5.03 Å². The number of hydrogen-bond donors (Lipinski definition) is 3. The van der Waals surface area contributed by atoms with E-state index in [1.54, 1.807) is 24.3 Å². The number of aromatic amines is 2. The molecule has 2 rings (SSSR count). The fraction of sp³-hybridized carbons (Fsp3) is 0. The average molecular weight is 236 g/mol. The van der Waals surface area contributed by atoms with Gasteiger partial charge >= 0.3 is 5.69 Å². The summed E-state index contributed by atoms with van der Waals surface area (Å²) in [7, 11) is 0. The van der Waals surface area contributed by atoms with Crippen molar-refractivity contribution in [2.45, 2.75) is 9.92 Å². The molecule has 0 radical (unpaired) electrons. The molecule has 0 aliphatic carbocycles. The molecule has 0 saturated heterocycles. The second-order valence-electron chi connectivity index (χ2n) is 2.95. The second kappa shape index (κ2) is 4.23. The zero-order chi connectivity index (χ0) is 11.5. The number of hydrogen-bond acceptors (Lipinski definition) is 5. The molecule has 1 heterocycles. The van der Waals surface area contributed by atoms with E-state index in [1.807, 2.05) is 0 Å². The molecule has 82 valence electrons. The molecule has 0 bridgehead atoms. The molecule has 2 aromatic rings. The van der Waals surface area contributed by atoms with Gasteiger partial charge in [0, 0.05) is 10.6 Å². The highest BCUT2D eigenvalue weighted by Crippen LogP contribution is 2.27.